The van der Waals surface area contributed by atoms with Crippen molar-refractivity contribution in [1.82, 2.24) is 10.1 Å². The van der Waals surface area contributed by atoms with Crippen LogP contribution in [-0.4, -0.2) is 35.0 Å². The van der Waals surface area contributed by atoms with Crippen LogP contribution in [-0.2, 0) is 4.79 Å². The van der Waals surface area contributed by atoms with Gasteiger partial charge in [0, 0.05) is 5.41 Å². The maximum Gasteiger partial charge on any atom is 0.185 e. The Hall–Kier alpha value is -1.88. The van der Waals surface area contributed by atoms with Gasteiger partial charge in [0.2, 0.25) is 0 Å². The fourth-order valence-corrected chi connectivity index (χ4v) is 3.59. The van der Waals surface area contributed by atoms with Gasteiger partial charge >= 0.3 is 0 Å². The van der Waals surface area contributed by atoms with Gasteiger partial charge in [0.1, 0.15) is 5.76 Å². The number of allylic oxidation sites excluding steroid dienone is 2. The molecule has 1 aromatic rings. The third kappa shape index (κ3) is 1.47. The van der Waals surface area contributed by atoms with E-state index in [1.807, 2.05) is 32.0 Å². The summed E-state index contributed by atoms with van der Waals surface area (Å²) in [6.07, 6.45) is 4.08. The largest absolute Gasteiger partial charge is 0.507 e. The molecule has 5 heteroatoms. The SMILES string of the molecule is Cc1noc2c1C(O)=C1C(=O)C=CC[C@@]1(C)[C@H]2N(C)C. The van der Waals surface area contributed by atoms with Crippen LogP contribution in [0.4, 0.5) is 0 Å². The molecule has 0 aromatic carbocycles. The van der Waals surface area contributed by atoms with Gasteiger partial charge in [-0.2, -0.15) is 0 Å². The first-order valence-corrected chi connectivity index (χ1v) is 6.65. The van der Waals surface area contributed by atoms with E-state index in [1.165, 1.54) is 6.08 Å². The minimum atomic E-state index is -0.502. The Balaban J connectivity index is 2.36. The molecule has 2 aliphatic rings. The Morgan fingerprint density at radius 3 is 2.85 bits per heavy atom. The van der Waals surface area contributed by atoms with Crippen LogP contribution in [0, 0.1) is 12.3 Å². The van der Waals surface area contributed by atoms with E-state index in [9.17, 15) is 9.90 Å². The molecule has 0 radical (unpaired) electrons. The molecule has 1 N–H and O–H groups in total. The van der Waals surface area contributed by atoms with Crippen LogP contribution in [0.15, 0.2) is 22.2 Å². The Bertz CT molecular complexity index is 654. The van der Waals surface area contributed by atoms with Crippen molar-refractivity contribution in [2.45, 2.75) is 26.3 Å². The van der Waals surface area contributed by atoms with Crippen LogP contribution in [0.2, 0.25) is 0 Å². The predicted octanol–water partition coefficient (Wildman–Crippen LogP) is 2.40. The number of aliphatic hydroxyl groups is 1. The van der Waals surface area contributed by atoms with Gasteiger partial charge in [-0.05, 0) is 33.5 Å². The molecule has 1 heterocycles. The third-order valence-corrected chi connectivity index (χ3v) is 4.36. The van der Waals surface area contributed by atoms with Gasteiger partial charge in [0.25, 0.3) is 0 Å². The van der Waals surface area contributed by atoms with E-state index >= 15 is 0 Å². The lowest BCUT2D eigenvalue weighted by molar-refractivity contribution is -0.113. The maximum absolute atomic E-state index is 12.3. The summed E-state index contributed by atoms with van der Waals surface area (Å²) in [5, 5.41) is 14.5. The van der Waals surface area contributed by atoms with Gasteiger partial charge in [-0.1, -0.05) is 18.2 Å². The van der Waals surface area contributed by atoms with Crippen LogP contribution >= 0.6 is 0 Å². The topological polar surface area (TPSA) is 66.6 Å². The zero-order valence-corrected chi connectivity index (χ0v) is 12.1. The first-order valence-electron chi connectivity index (χ1n) is 6.65. The number of rotatable bonds is 1. The highest BCUT2D eigenvalue weighted by atomic mass is 16.5. The lowest BCUT2D eigenvalue weighted by atomic mass is 9.63. The molecule has 3 rings (SSSR count). The van der Waals surface area contributed by atoms with Crippen molar-refractivity contribution in [3.05, 3.63) is 34.7 Å². The summed E-state index contributed by atoms with van der Waals surface area (Å²) in [6.45, 7) is 3.77. The first-order chi connectivity index (χ1) is 9.38. The molecule has 0 unspecified atom stereocenters. The van der Waals surface area contributed by atoms with Gasteiger partial charge in [-0.15, -0.1) is 0 Å². The van der Waals surface area contributed by atoms with Crippen LogP contribution in [0.25, 0.3) is 5.76 Å². The smallest absolute Gasteiger partial charge is 0.185 e. The van der Waals surface area contributed by atoms with Crippen molar-refractivity contribution in [2.24, 2.45) is 5.41 Å². The number of aliphatic hydroxyl groups excluding tert-OH is 1. The van der Waals surface area contributed by atoms with Crippen LogP contribution in [0.5, 0.6) is 0 Å². The van der Waals surface area contributed by atoms with Gasteiger partial charge in [-0.3, -0.25) is 9.69 Å². The molecular formula is C15H18N2O3. The van der Waals surface area contributed by atoms with Crippen molar-refractivity contribution in [3.8, 4) is 0 Å². The predicted molar refractivity (Wildman–Crippen MR) is 74.1 cm³/mol. The molecule has 0 aliphatic heterocycles. The molecule has 2 aliphatic carbocycles. The number of carbonyl (C=O) groups is 1. The van der Waals surface area contributed by atoms with E-state index in [-0.39, 0.29) is 17.6 Å². The highest BCUT2D eigenvalue weighted by Crippen LogP contribution is 2.55. The summed E-state index contributed by atoms with van der Waals surface area (Å²) in [6, 6.07) is -0.126. The van der Waals surface area contributed by atoms with Crippen molar-refractivity contribution in [2.75, 3.05) is 14.1 Å². The minimum Gasteiger partial charge on any atom is -0.507 e. The number of fused-ring (bicyclic) bond motifs is 2. The molecule has 106 valence electrons. The normalized spacial score (nSPS) is 28.9. The quantitative estimate of drug-likeness (QED) is 0.851. The summed E-state index contributed by atoms with van der Waals surface area (Å²) in [5.41, 5.74) is 1.15. The number of nitrogens with zero attached hydrogens (tertiary/aromatic N) is 2. The molecule has 0 bridgehead atoms. The molecule has 0 saturated heterocycles. The molecule has 2 atom stereocenters. The standard InChI is InChI=1S/C15H18N2O3/c1-8-10-12(19)11-9(18)6-5-7-15(11,2)14(17(3)4)13(10)20-16-8/h5-6,14,19H,7H2,1-4H3/t14-,15+/m0/s1. The molecule has 0 amide bonds. The number of carbonyl (C=O) groups excluding carboxylic acids is 1. The molecule has 0 fully saturated rings. The lowest BCUT2D eigenvalue weighted by Gasteiger charge is -2.44. The van der Waals surface area contributed by atoms with Gasteiger partial charge in [0.05, 0.1) is 22.9 Å². The number of aryl methyl sites for hydroxylation is 1. The van der Waals surface area contributed by atoms with Crippen LogP contribution in [0.1, 0.15) is 36.4 Å². The van der Waals surface area contributed by atoms with E-state index < -0.39 is 5.41 Å². The first kappa shape index (κ1) is 13.1. The molecule has 5 nitrogen and oxygen atoms in total. The maximum atomic E-state index is 12.3. The van der Waals surface area contributed by atoms with E-state index in [4.69, 9.17) is 4.52 Å². The number of hydrogen-bond donors (Lipinski definition) is 1. The van der Waals surface area contributed by atoms with Crippen LogP contribution < -0.4 is 0 Å². The Kier molecular flexibility index (Phi) is 2.66. The molecule has 20 heavy (non-hydrogen) atoms. The molecule has 1 aromatic heterocycles. The lowest BCUT2D eigenvalue weighted by Crippen LogP contribution is -2.43. The summed E-state index contributed by atoms with van der Waals surface area (Å²) < 4.78 is 5.46. The van der Waals surface area contributed by atoms with Crippen molar-refractivity contribution >= 4 is 11.5 Å². The summed E-state index contributed by atoms with van der Waals surface area (Å²) in [4.78, 5) is 14.3. The average Bonchev–Trinajstić information content (AvgIpc) is 2.70. The molecule has 0 saturated carbocycles. The highest BCUT2D eigenvalue weighted by molar-refractivity contribution is 6.11. The molecular weight excluding hydrogens is 256 g/mol. The van der Waals surface area contributed by atoms with Crippen molar-refractivity contribution in [3.63, 3.8) is 0 Å². The fourth-order valence-electron chi connectivity index (χ4n) is 3.59. The van der Waals surface area contributed by atoms with E-state index in [2.05, 4.69) is 5.16 Å². The number of aromatic nitrogens is 1. The zero-order chi connectivity index (χ0) is 14.7. The molecule has 0 spiro atoms. The van der Waals surface area contributed by atoms with Crippen LogP contribution in [0.3, 0.4) is 0 Å². The Morgan fingerprint density at radius 1 is 1.50 bits per heavy atom. The highest BCUT2D eigenvalue weighted by Gasteiger charge is 2.51. The second kappa shape index (κ2) is 4.06. The minimum absolute atomic E-state index is 0.0219. The summed E-state index contributed by atoms with van der Waals surface area (Å²) >= 11 is 0. The fraction of sp³-hybridized carbons (Fsp3) is 0.467. The van der Waals surface area contributed by atoms with E-state index in [1.54, 1.807) is 6.92 Å². The summed E-state index contributed by atoms with van der Waals surface area (Å²) in [5.74, 6) is 0.530. The van der Waals surface area contributed by atoms with Gasteiger partial charge in [-0.25, -0.2) is 0 Å². The van der Waals surface area contributed by atoms with Crippen molar-refractivity contribution in [1.29, 1.82) is 0 Å². The Morgan fingerprint density at radius 2 is 2.20 bits per heavy atom. The van der Waals surface area contributed by atoms with E-state index in [0.717, 1.165) is 0 Å². The second-order valence-electron chi connectivity index (χ2n) is 5.99. The number of ketones is 1. The van der Waals surface area contributed by atoms with Gasteiger partial charge in [0.15, 0.2) is 11.5 Å². The summed E-state index contributed by atoms with van der Waals surface area (Å²) in [7, 11) is 3.89. The zero-order valence-electron chi connectivity index (χ0n) is 12.1. The van der Waals surface area contributed by atoms with Gasteiger partial charge < -0.3 is 9.63 Å². The van der Waals surface area contributed by atoms with E-state index in [0.29, 0.717) is 29.0 Å². The second-order valence-corrected chi connectivity index (χ2v) is 5.99. The van der Waals surface area contributed by atoms with Crippen molar-refractivity contribution < 1.29 is 14.4 Å². The average molecular weight is 274 g/mol. The Labute approximate surface area is 117 Å². The number of hydrogen-bond acceptors (Lipinski definition) is 5. The monoisotopic (exact) mass is 274 g/mol. The third-order valence-electron chi connectivity index (χ3n) is 4.36.